The monoisotopic (exact) mass is 375 g/mol. The van der Waals surface area contributed by atoms with E-state index in [1.807, 2.05) is 12.1 Å². The van der Waals surface area contributed by atoms with Crippen LogP contribution in [0.3, 0.4) is 0 Å². The Hall–Kier alpha value is -1.53. The molecule has 3 rings (SSSR count). The van der Waals surface area contributed by atoms with E-state index in [0.717, 1.165) is 41.7 Å². The molecule has 1 aliphatic rings. The Morgan fingerprint density at radius 2 is 1.92 bits per heavy atom. The Labute approximate surface area is 160 Å². The highest BCUT2D eigenvalue weighted by atomic mass is 32.2. The van der Waals surface area contributed by atoms with Crippen LogP contribution in [-0.2, 0) is 0 Å². The normalized spacial score (nSPS) is 15.3. The van der Waals surface area contributed by atoms with E-state index in [9.17, 15) is 5.11 Å². The summed E-state index contributed by atoms with van der Waals surface area (Å²) in [5.41, 5.74) is 1.07. The second-order valence-corrected chi connectivity index (χ2v) is 7.83. The molecule has 26 heavy (non-hydrogen) atoms. The van der Waals surface area contributed by atoms with Crippen molar-refractivity contribution in [2.24, 2.45) is 0 Å². The Kier molecular flexibility index (Phi) is 7.38. The van der Waals surface area contributed by atoms with Gasteiger partial charge in [-0.3, -0.25) is 4.57 Å². The lowest BCUT2D eigenvalue weighted by Gasteiger charge is -2.25. The zero-order chi connectivity index (χ0) is 18.2. The molecule has 0 saturated heterocycles. The molecular weight excluding hydrogens is 346 g/mol. The number of unbranched alkanes of at least 4 members (excludes halogenated alkanes) is 1. The number of hydrogen-bond donors (Lipinski definition) is 1. The minimum atomic E-state index is 0.154. The van der Waals surface area contributed by atoms with Crippen LogP contribution < -0.4 is 4.74 Å². The number of ether oxygens (including phenoxy) is 1. The van der Waals surface area contributed by atoms with Gasteiger partial charge in [-0.05, 0) is 43.5 Å². The summed E-state index contributed by atoms with van der Waals surface area (Å²) in [6.45, 7) is 3.08. The van der Waals surface area contributed by atoms with Gasteiger partial charge in [0.25, 0.3) is 0 Å². The van der Waals surface area contributed by atoms with Crippen LogP contribution in [-0.4, -0.2) is 38.8 Å². The van der Waals surface area contributed by atoms with Crippen molar-refractivity contribution in [3.63, 3.8) is 0 Å². The van der Waals surface area contributed by atoms with Gasteiger partial charge >= 0.3 is 0 Å². The standard InChI is InChI=1S/C20H29N3O2S/c1-2-3-14-25-18-11-9-16(10-12-18)19-21-22-20(26-15-13-24)23(19)17-7-5-4-6-8-17/h9-12,17,24H,2-8,13-15H2,1H3. The lowest BCUT2D eigenvalue weighted by molar-refractivity contribution is 0.309. The first-order chi connectivity index (χ1) is 12.8. The minimum Gasteiger partial charge on any atom is -0.494 e. The molecule has 142 valence electrons. The van der Waals surface area contributed by atoms with Crippen LogP contribution in [0.5, 0.6) is 5.75 Å². The summed E-state index contributed by atoms with van der Waals surface area (Å²) in [5.74, 6) is 2.48. The molecule has 0 unspecified atom stereocenters. The number of aromatic nitrogens is 3. The molecule has 1 aliphatic carbocycles. The molecule has 0 bridgehead atoms. The Bertz CT molecular complexity index is 666. The van der Waals surface area contributed by atoms with E-state index >= 15 is 0 Å². The van der Waals surface area contributed by atoms with E-state index in [1.54, 1.807) is 11.8 Å². The Balaban J connectivity index is 1.82. The molecule has 0 aliphatic heterocycles. The Morgan fingerprint density at radius 3 is 2.62 bits per heavy atom. The summed E-state index contributed by atoms with van der Waals surface area (Å²) in [6, 6.07) is 8.64. The van der Waals surface area contributed by atoms with Crippen LogP contribution in [0.2, 0.25) is 0 Å². The predicted molar refractivity (Wildman–Crippen MR) is 106 cm³/mol. The van der Waals surface area contributed by atoms with Crippen molar-refractivity contribution in [2.45, 2.75) is 63.1 Å². The fraction of sp³-hybridized carbons (Fsp3) is 0.600. The topological polar surface area (TPSA) is 60.2 Å². The third kappa shape index (κ3) is 4.80. The van der Waals surface area contributed by atoms with Crippen LogP contribution in [0.25, 0.3) is 11.4 Å². The van der Waals surface area contributed by atoms with Gasteiger partial charge in [0.2, 0.25) is 0 Å². The summed E-state index contributed by atoms with van der Waals surface area (Å²) in [7, 11) is 0. The van der Waals surface area contributed by atoms with Gasteiger partial charge in [0.05, 0.1) is 13.2 Å². The highest BCUT2D eigenvalue weighted by Gasteiger charge is 2.23. The molecule has 1 aromatic heterocycles. The van der Waals surface area contributed by atoms with Gasteiger partial charge < -0.3 is 9.84 Å². The van der Waals surface area contributed by atoms with E-state index in [1.165, 1.54) is 32.1 Å². The first-order valence-corrected chi connectivity index (χ1v) is 10.7. The van der Waals surface area contributed by atoms with Crippen molar-refractivity contribution < 1.29 is 9.84 Å². The molecule has 5 nitrogen and oxygen atoms in total. The van der Waals surface area contributed by atoms with Gasteiger partial charge in [-0.15, -0.1) is 10.2 Å². The maximum Gasteiger partial charge on any atom is 0.191 e. The van der Waals surface area contributed by atoms with Crippen LogP contribution in [0.15, 0.2) is 29.4 Å². The van der Waals surface area contributed by atoms with Crippen molar-refractivity contribution in [1.82, 2.24) is 14.8 Å². The average molecular weight is 376 g/mol. The van der Waals surface area contributed by atoms with Crippen LogP contribution >= 0.6 is 11.8 Å². The second-order valence-electron chi connectivity index (χ2n) is 6.77. The van der Waals surface area contributed by atoms with Crippen molar-refractivity contribution in [3.05, 3.63) is 24.3 Å². The molecule has 0 radical (unpaired) electrons. The average Bonchev–Trinajstić information content (AvgIpc) is 3.11. The minimum absolute atomic E-state index is 0.154. The van der Waals surface area contributed by atoms with Crippen LogP contribution in [0.1, 0.15) is 57.9 Å². The maximum atomic E-state index is 9.18. The van der Waals surface area contributed by atoms with E-state index in [2.05, 4.69) is 33.8 Å². The second kappa shape index (κ2) is 9.97. The number of nitrogens with zero attached hydrogens (tertiary/aromatic N) is 3. The van der Waals surface area contributed by atoms with Crippen molar-refractivity contribution >= 4 is 11.8 Å². The fourth-order valence-corrected chi connectivity index (χ4v) is 4.16. The Morgan fingerprint density at radius 1 is 1.15 bits per heavy atom. The first kappa shape index (κ1) is 19.2. The van der Waals surface area contributed by atoms with Gasteiger partial charge in [-0.2, -0.15) is 0 Å². The zero-order valence-corrected chi connectivity index (χ0v) is 16.4. The van der Waals surface area contributed by atoms with Crippen molar-refractivity contribution in [3.8, 4) is 17.1 Å². The van der Waals surface area contributed by atoms with Gasteiger partial charge in [0, 0.05) is 17.4 Å². The quantitative estimate of drug-likeness (QED) is 0.508. The summed E-state index contributed by atoms with van der Waals surface area (Å²) >= 11 is 1.59. The smallest absolute Gasteiger partial charge is 0.191 e. The lowest BCUT2D eigenvalue weighted by Crippen LogP contribution is -2.15. The van der Waals surface area contributed by atoms with Gasteiger partial charge in [-0.25, -0.2) is 0 Å². The van der Waals surface area contributed by atoms with E-state index in [-0.39, 0.29) is 6.61 Å². The van der Waals surface area contributed by atoms with Crippen LogP contribution in [0, 0.1) is 0 Å². The lowest BCUT2D eigenvalue weighted by atomic mass is 9.95. The number of rotatable bonds is 9. The van der Waals surface area contributed by atoms with Gasteiger partial charge in [-0.1, -0.05) is 44.4 Å². The number of hydrogen-bond acceptors (Lipinski definition) is 5. The molecule has 2 aromatic rings. The number of benzene rings is 1. The summed E-state index contributed by atoms with van der Waals surface area (Å²) in [4.78, 5) is 0. The predicted octanol–water partition coefficient (Wildman–Crippen LogP) is 4.71. The van der Waals surface area contributed by atoms with Crippen LogP contribution in [0.4, 0.5) is 0 Å². The molecule has 6 heteroatoms. The number of aliphatic hydroxyl groups is 1. The summed E-state index contributed by atoms with van der Waals surface area (Å²) < 4.78 is 8.07. The number of aliphatic hydroxyl groups excluding tert-OH is 1. The summed E-state index contributed by atoms with van der Waals surface area (Å²) in [5, 5.41) is 19.0. The molecule has 1 saturated carbocycles. The van der Waals surface area contributed by atoms with E-state index < -0.39 is 0 Å². The highest BCUT2D eigenvalue weighted by molar-refractivity contribution is 7.99. The van der Waals surface area contributed by atoms with Crippen molar-refractivity contribution in [2.75, 3.05) is 19.0 Å². The van der Waals surface area contributed by atoms with E-state index in [4.69, 9.17) is 4.74 Å². The fourth-order valence-electron chi connectivity index (χ4n) is 3.41. The molecule has 1 fully saturated rings. The molecule has 0 spiro atoms. The molecule has 1 heterocycles. The highest BCUT2D eigenvalue weighted by Crippen LogP contribution is 2.35. The maximum absolute atomic E-state index is 9.18. The van der Waals surface area contributed by atoms with Gasteiger partial charge in [0.1, 0.15) is 5.75 Å². The van der Waals surface area contributed by atoms with E-state index in [0.29, 0.717) is 11.8 Å². The zero-order valence-electron chi connectivity index (χ0n) is 15.6. The summed E-state index contributed by atoms with van der Waals surface area (Å²) in [6.07, 6.45) is 8.40. The molecule has 1 N–H and O–H groups in total. The first-order valence-electron chi connectivity index (χ1n) is 9.75. The third-order valence-corrected chi connectivity index (χ3v) is 5.73. The third-order valence-electron chi connectivity index (χ3n) is 4.81. The molecule has 0 atom stereocenters. The number of thioether (sulfide) groups is 1. The SMILES string of the molecule is CCCCOc1ccc(-c2nnc(SCCO)n2C2CCCCC2)cc1. The molecule has 0 amide bonds. The van der Waals surface area contributed by atoms with Crippen molar-refractivity contribution in [1.29, 1.82) is 0 Å². The molecule has 1 aromatic carbocycles. The molecular formula is C20H29N3O2S. The largest absolute Gasteiger partial charge is 0.494 e. The van der Waals surface area contributed by atoms with Gasteiger partial charge in [0.15, 0.2) is 11.0 Å².